The number of urea groups is 1. The fourth-order valence-corrected chi connectivity index (χ4v) is 4.50. The lowest BCUT2D eigenvalue weighted by atomic mass is 10.0. The first-order valence-electron chi connectivity index (χ1n) is 14.0. The summed E-state index contributed by atoms with van der Waals surface area (Å²) in [5.41, 5.74) is 6.74. The molecule has 0 aliphatic carbocycles. The van der Waals surface area contributed by atoms with E-state index < -0.39 is 0 Å². The Bertz CT molecular complexity index is 573. The number of carbonyl (C=O) groups is 1. The summed E-state index contributed by atoms with van der Waals surface area (Å²) < 4.78 is 0. The van der Waals surface area contributed by atoms with E-state index in [1.54, 1.807) is 17.0 Å². The number of carbonyl (C=O) groups excluding carboxylic acids is 1. The summed E-state index contributed by atoms with van der Waals surface area (Å²) >= 11 is 0. The number of hydrogen-bond donors (Lipinski definition) is 2. The lowest BCUT2D eigenvalue weighted by molar-refractivity contribution is 0.205. The molecule has 0 heterocycles. The second-order valence-corrected chi connectivity index (χ2v) is 9.75. The number of primary amides is 1. The predicted octanol–water partition coefficient (Wildman–Crippen LogP) is 8.36. The molecule has 3 N–H and O–H groups in total. The van der Waals surface area contributed by atoms with Gasteiger partial charge in [-0.2, -0.15) is 0 Å². The van der Waals surface area contributed by atoms with Crippen LogP contribution in [0.2, 0.25) is 0 Å². The predicted molar refractivity (Wildman–Crippen MR) is 142 cm³/mol. The molecule has 0 saturated carbocycles. The van der Waals surface area contributed by atoms with Crippen molar-refractivity contribution in [1.82, 2.24) is 4.90 Å². The summed E-state index contributed by atoms with van der Waals surface area (Å²) in [4.78, 5) is 13.5. The average molecular weight is 461 g/mol. The number of nitrogens with zero attached hydrogens (tertiary/aromatic N) is 1. The van der Waals surface area contributed by atoms with E-state index >= 15 is 0 Å². The van der Waals surface area contributed by atoms with E-state index in [2.05, 4.69) is 6.92 Å². The molecular formula is C29H52N2O2. The van der Waals surface area contributed by atoms with Crippen molar-refractivity contribution >= 4 is 6.03 Å². The molecule has 1 aromatic carbocycles. The molecule has 0 fully saturated rings. The Kier molecular flexibility index (Phi) is 18.5. The molecular weight excluding hydrogens is 408 g/mol. The quantitative estimate of drug-likeness (QED) is 0.171. The van der Waals surface area contributed by atoms with Crippen molar-refractivity contribution in [3.8, 4) is 5.75 Å². The van der Waals surface area contributed by atoms with Gasteiger partial charge in [-0.3, -0.25) is 0 Å². The monoisotopic (exact) mass is 460 g/mol. The summed E-state index contributed by atoms with van der Waals surface area (Å²) in [5.74, 6) is 0.288. The molecule has 33 heavy (non-hydrogen) atoms. The van der Waals surface area contributed by atoms with E-state index in [0.29, 0.717) is 6.54 Å². The van der Waals surface area contributed by atoms with Gasteiger partial charge in [0, 0.05) is 13.1 Å². The number of amides is 2. The van der Waals surface area contributed by atoms with Crippen LogP contribution in [0.1, 0.15) is 128 Å². The number of phenols is 1. The van der Waals surface area contributed by atoms with Gasteiger partial charge in [-0.05, 0) is 37.0 Å². The van der Waals surface area contributed by atoms with Gasteiger partial charge in [0.2, 0.25) is 0 Å². The van der Waals surface area contributed by atoms with E-state index in [9.17, 15) is 9.90 Å². The fourth-order valence-electron chi connectivity index (χ4n) is 4.50. The molecule has 0 spiro atoms. The molecule has 0 atom stereocenters. The summed E-state index contributed by atoms with van der Waals surface area (Å²) in [5, 5.41) is 9.35. The van der Waals surface area contributed by atoms with E-state index in [4.69, 9.17) is 5.73 Å². The average Bonchev–Trinajstić information content (AvgIpc) is 2.81. The van der Waals surface area contributed by atoms with Crippen molar-refractivity contribution in [1.29, 1.82) is 0 Å². The van der Waals surface area contributed by atoms with Crippen LogP contribution in [0.15, 0.2) is 24.3 Å². The SMILES string of the molecule is CCCCCCCCCCCCCCCCCCCN(CCCc1ccc(O)cc1)C(N)=O. The number of unbranched alkanes of at least 4 members (excludes halogenated alkanes) is 16. The highest BCUT2D eigenvalue weighted by molar-refractivity contribution is 5.71. The first kappa shape index (κ1) is 29.3. The van der Waals surface area contributed by atoms with Gasteiger partial charge in [0.15, 0.2) is 0 Å². The highest BCUT2D eigenvalue weighted by Crippen LogP contribution is 2.15. The van der Waals surface area contributed by atoms with Gasteiger partial charge in [0.05, 0.1) is 0 Å². The molecule has 0 radical (unpaired) electrons. The van der Waals surface area contributed by atoms with Crippen molar-refractivity contribution < 1.29 is 9.90 Å². The lowest BCUT2D eigenvalue weighted by Gasteiger charge is -2.20. The second kappa shape index (κ2) is 20.9. The first-order valence-corrected chi connectivity index (χ1v) is 14.0. The summed E-state index contributed by atoms with van der Waals surface area (Å²) in [6.45, 7) is 3.75. The van der Waals surface area contributed by atoms with Crippen LogP contribution in [-0.2, 0) is 6.42 Å². The number of rotatable bonds is 22. The topological polar surface area (TPSA) is 66.6 Å². The zero-order chi connectivity index (χ0) is 24.0. The molecule has 0 aliphatic heterocycles. The van der Waals surface area contributed by atoms with E-state index in [1.807, 2.05) is 12.1 Å². The van der Waals surface area contributed by atoms with Crippen molar-refractivity contribution in [3.05, 3.63) is 29.8 Å². The maximum absolute atomic E-state index is 11.7. The van der Waals surface area contributed by atoms with Crippen molar-refractivity contribution in [2.24, 2.45) is 5.73 Å². The van der Waals surface area contributed by atoms with Crippen molar-refractivity contribution in [2.45, 2.75) is 129 Å². The number of nitrogens with two attached hydrogens (primary N) is 1. The number of phenolic OH excluding ortho intramolecular Hbond substituents is 1. The van der Waals surface area contributed by atoms with Gasteiger partial charge >= 0.3 is 6.03 Å². The third-order valence-electron chi connectivity index (χ3n) is 6.67. The van der Waals surface area contributed by atoms with Crippen LogP contribution in [0.25, 0.3) is 0 Å². The van der Waals surface area contributed by atoms with Gasteiger partial charge in [-0.25, -0.2) is 4.79 Å². The molecule has 190 valence electrons. The maximum Gasteiger partial charge on any atom is 0.314 e. The minimum atomic E-state index is -0.308. The van der Waals surface area contributed by atoms with E-state index in [-0.39, 0.29) is 11.8 Å². The van der Waals surface area contributed by atoms with Crippen LogP contribution in [0, 0.1) is 0 Å². The Hall–Kier alpha value is -1.71. The Balaban J connectivity index is 1.88. The molecule has 4 nitrogen and oxygen atoms in total. The summed E-state index contributed by atoms with van der Waals surface area (Å²) in [7, 11) is 0. The van der Waals surface area contributed by atoms with Crippen LogP contribution in [0.3, 0.4) is 0 Å². The lowest BCUT2D eigenvalue weighted by Crippen LogP contribution is -2.37. The van der Waals surface area contributed by atoms with Crippen LogP contribution in [-0.4, -0.2) is 29.1 Å². The third-order valence-corrected chi connectivity index (χ3v) is 6.67. The molecule has 2 amide bonds. The molecule has 0 bridgehead atoms. The highest BCUT2D eigenvalue weighted by Gasteiger charge is 2.08. The Labute approximate surface area is 204 Å². The second-order valence-electron chi connectivity index (χ2n) is 9.75. The normalized spacial score (nSPS) is 11.1. The minimum absolute atomic E-state index is 0.288. The number of aryl methyl sites for hydroxylation is 1. The van der Waals surface area contributed by atoms with Gasteiger partial charge in [-0.1, -0.05) is 122 Å². The Morgan fingerprint density at radius 3 is 1.48 bits per heavy atom. The van der Waals surface area contributed by atoms with Crippen LogP contribution >= 0.6 is 0 Å². The molecule has 1 aromatic rings. The van der Waals surface area contributed by atoms with Gasteiger partial charge in [-0.15, -0.1) is 0 Å². The molecule has 0 unspecified atom stereocenters. The number of benzene rings is 1. The molecule has 1 rings (SSSR count). The first-order chi connectivity index (χ1) is 16.1. The highest BCUT2D eigenvalue weighted by atomic mass is 16.3. The fraction of sp³-hybridized carbons (Fsp3) is 0.759. The third kappa shape index (κ3) is 17.4. The zero-order valence-corrected chi connectivity index (χ0v) is 21.5. The standard InChI is InChI=1S/C29H52N2O2/c1-2-3-4-5-6-7-8-9-10-11-12-13-14-15-16-17-18-25-31(29(30)33)26-19-20-27-21-23-28(32)24-22-27/h21-24,32H,2-20,25-26H2,1H3,(H2,30,33). The Morgan fingerprint density at radius 1 is 0.667 bits per heavy atom. The largest absolute Gasteiger partial charge is 0.508 e. The Morgan fingerprint density at radius 2 is 1.06 bits per heavy atom. The van der Waals surface area contributed by atoms with Crippen LogP contribution in [0.4, 0.5) is 4.79 Å². The van der Waals surface area contributed by atoms with Crippen LogP contribution in [0.5, 0.6) is 5.75 Å². The molecule has 0 saturated heterocycles. The summed E-state index contributed by atoms with van der Waals surface area (Å²) in [6, 6.07) is 6.97. The van der Waals surface area contributed by atoms with Gasteiger partial charge in [0.25, 0.3) is 0 Å². The molecule has 0 aliphatic rings. The van der Waals surface area contributed by atoms with Crippen molar-refractivity contribution in [3.63, 3.8) is 0 Å². The van der Waals surface area contributed by atoms with E-state index in [0.717, 1.165) is 25.8 Å². The minimum Gasteiger partial charge on any atom is -0.508 e. The number of hydrogen-bond acceptors (Lipinski definition) is 2. The smallest absolute Gasteiger partial charge is 0.314 e. The molecule has 0 aromatic heterocycles. The summed E-state index contributed by atoms with van der Waals surface area (Å²) in [6.07, 6.45) is 24.9. The van der Waals surface area contributed by atoms with Crippen LogP contribution < -0.4 is 5.73 Å². The van der Waals surface area contributed by atoms with Crippen molar-refractivity contribution in [2.75, 3.05) is 13.1 Å². The van der Waals surface area contributed by atoms with E-state index in [1.165, 1.54) is 108 Å². The molecule has 4 heteroatoms. The maximum atomic E-state index is 11.7. The number of aromatic hydroxyl groups is 1. The van der Waals surface area contributed by atoms with Gasteiger partial charge in [0.1, 0.15) is 5.75 Å². The zero-order valence-electron chi connectivity index (χ0n) is 21.5. The van der Waals surface area contributed by atoms with Gasteiger partial charge < -0.3 is 15.7 Å².